The third-order valence-corrected chi connectivity index (χ3v) is 6.28. The van der Waals surface area contributed by atoms with Crippen molar-refractivity contribution in [1.82, 2.24) is 9.80 Å². The Morgan fingerprint density at radius 3 is 2.65 bits per heavy atom. The Labute approximate surface area is 193 Å². The number of hydrogen-bond donors (Lipinski definition) is 0. The fraction of sp³-hybridized carbons (Fsp3) is 0.304. The molecule has 162 valence electrons. The number of rotatable bonds is 6. The van der Waals surface area contributed by atoms with Gasteiger partial charge >= 0.3 is 0 Å². The minimum absolute atomic E-state index is 0.0987. The molecule has 0 N–H and O–H groups in total. The Balaban J connectivity index is 1.89. The number of carbonyl (C=O) groups is 1. The number of hydrogen-bond acceptors (Lipinski definition) is 5. The van der Waals surface area contributed by atoms with Gasteiger partial charge in [0.05, 0.1) is 28.6 Å². The van der Waals surface area contributed by atoms with E-state index in [1.165, 1.54) is 0 Å². The van der Waals surface area contributed by atoms with E-state index in [0.717, 1.165) is 23.0 Å². The van der Waals surface area contributed by atoms with Gasteiger partial charge in [0.15, 0.2) is 5.43 Å². The van der Waals surface area contributed by atoms with Crippen LogP contribution in [0.2, 0.25) is 5.02 Å². The first kappa shape index (κ1) is 21.9. The Morgan fingerprint density at radius 1 is 1.19 bits per heavy atom. The number of fused-ring (bicyclic) bond motifs is 2. The molecule has 2 aromatic carbocycles. The lowest BCUT2D eigenvalue weighted by Gasteiger charge is -2.26. The van der Waals surface area contributed by atoms with Gasteiger partial charge in [0.25, 0.3) is 5.91 Å². The van der Waals surface area contributed by atoms with Crippen molar-refractivity contribution in [1.29, 1.82) is 0 Å². The highest BCUT2D eigenvalue weighted by Crippen LogP contribution is 2.40. The molecule has 0 saturated carbocycles. The highest BCUT2D eigenvalue weighted by atomic mass is 79.9. The zero-order valence-electron chi connectivity index (χ0n) is 17.4. The number of amides is 1. The summed E-state index contributed by atoms with van der Waals surface area (Å²) < 4.78 is 12.0. The first-order chi connectivity index (χ1) is 14.8. The molecule has 4 rings (SSSR count). The average Bonchev–Trinajstić information content (AvgIpc) is 3.00. The van der Waals surface area contributed by atoms with Crippen molar-refractivity contribution < 1.29 is 13.9 Å². The van der Waals surface area contributed by atoms with Gasteiger partial charge in [0, 0.05) is 11.6 Å². The fourth-order valence-corrected chi connectivity index (χ4v) is 4.71. The number of ether oxygens (including phenoxy) is 1. The largest absolute Gasteiger partial charge is 0.496 e. The second kappa shape index (κ2) is 8.65. The van der Waals surface area contributed by atoms with Crippen molar-refractivity contribution in [2.75, 3.05) is 34.3 Å². The highest BCUT2D eigenvalue weighted by Gasteiger charge is 2.42. The Kier molecular flexibility index (Phi) is 6.10. The summed E-state index contributed by atoms with van der Waals surface area (Å²) in [5, 5.41) is 0.808. The van der Waals surface area contributed by atoms with E-state index in [9.17, 15) is 9.59 Å². The van der Waals surface area contributed by atoms with Crippen molar-refractivity contribution >= 4 is 44.4 Å². The Bertz CT molecular complexity index is 1220. The van der Waals surface area contributed by atoms with Crippen LogP contribution in [0, 0.1) is 0 Å². The molecule has 0 saturated heterocycles. The summed E-state index contributed by atoms with van der Waals surface area (Å²) in [6.07, 6.45) is 0.764. The summed E-state index contributed by atoms with van der Waals surface area (Å²) in [4.78, 5) is 30.6. The van der Waals surface area contributed by atoms with Crippen LogP contribution in [0.5, 0.6) is 5.75 Å². The molecule has 1 aliphatic rings. The molecule has 1 unspecified atom stereocenters. The van der Waals surface area contributed by atoms with Crippen LogP contribution in [0.25, 0.3) is 11.0 Å². The molecule has 1 atom stereocenters. The molecule has 2 heterocycles. The predicted octanol–water partition coefficient (Wildman–Crippen LogP) is 4.71. The van der Waals surface area contributed by atoms with Crippen molar-refractivity contribution in [3.05, 3.63) is 73.0 Å². The molecule has 0 aliphatic carbocycles. The molecule has 1 amide bonds. The molecule has 0 bridgehead atoms. The molecule has 0 radical (unpaired) electrons. The van der Waals surface area contributed by atoms with Crippen LogP contribution in [-0.4, -0.2) is 50.0 Å². The molecule has 1 aliphatic heterocycles. The summed E-state index contributed by atoms with van der Waals surface area (Å²) in [6.45, 7) is 1.31. The number of halogens is 2. The van der Waals surface area contributed by atoms with Gasteiger partial charge in [-0.15, -0.1) is 0 Å². The monoisotopic (exact) mass is 504 g/mol. The van der Waals surface area contributed by atoms with Crippen LogP contribution in [0.1, 0.15) is 34.1 Å². The molecule has 6 nitrogen and oxygen atoms in total. The first-order valence-corrected chi connectivity index (χ1v) is 11.0. The SMILES string of the molecule is COc1ccc(C2c3c(oc4ccc(Cl)cc4c3=O)C(=O)N2CCCN(C)C)cc1Br. The van der Waals surface area contributed by atoms with Crippen LogP contribution in [0.3, 0.4) is 0 Å². The van der Waals surface area contributed by atoms with E-state index >= 15 is 0 Å². The van der Waals surface area contributed by atoms with Crippen molar-refractivity contribution in [2.24, 2.45) is 0 Å². The molecule has 8 heteroatoms. The quantitative estimate of drug-likeness (QED) is 0.485. The van der Waals surface area contributed by atoms with E-state index < -0.39 is 6.04 Å². The number of nitrogens with zero attached hydrogens (tertiary/aromatic N) is 2. The highest BCUT2D eigenvalue weighted by molar-refractivity contribution is 9.10. The van der Waals surface area contributed by atoms with E-state index in [-0.39, 0.29) is 17.1 Å². The van der Waals surface area contributed by atoms with Gasteiger partial charge in [-0.1, -0.05) is 17.7 Å². The Morgan fingerprint density at radius 2 is 1.97 bits per heavy atom. The van der Waals surface area contributed by atoms with Gasteiger partial charge in [0.1, 0.15) is 11.3 Å². The van der Waals surface area contributed by atoms with E-state index in [2.05, 4.69) is 20.8 Å². The zero-order valence-corrected chi connectivity index (χ0v) is 19.8. The minimum atomic E-state index is -0.550. The normalized spacial score (nSPS) is 15.7. The van der Waals surface area contributed by atoms with Crippen molar-refractivity contribution in [2.45, 2.75) is 12.5 Å². The van der Waals surface area contributed by atoms with Gasteiger partial charge in [-0.2, -0.15) is 0 Å². The zero-order chi connectivity index (χ0) is 22.3. The summed E-state index contributed by atoms with van der Waals surface area (Å²) in [6, 6.07) is 9.88. The standard InChI is InChI=1S/C23H22BrClN2O4/c1-26(2)9-4-10-27-20(13-5-7-18(30-3)16(24)11-13)19-21(28)15-12-14(25)6-8-17(15)31-22(19)23(27)29/h5-8,11-12,20H,4,9-10H2,1-3H3. The molecule has 1 aromatic heterocycles. The van der Waals surface area contributed by atoms with Gasteiger partial charge in [-0.05, 0) is 78.9 Å². The van der Waals surface area contributed by atoms with Crippen LogP contribution < -0.4 is 10.2 Å². The van der Waals surface area contributed by atoms with E-state index in [4.69, 9.17) is 20.8 Å². The summed E-state index contributed by atoms with van der Waals surface area (Å²) in [5.41, 5.74) is 1.27. The third kappa shape index (κ3) is 3.97. The van der Waals surface area contributed by atoms with E-state index in [0.29, 0.717) is 33.8 Å². The number of methoxy groups -OCH3 is 1. The van der Waals surface area contributed by atoms with Crippen LogP contribution >= 0.6 is 27.5 Å². The minimum Gasteiger partial charge on any atom is -0.496 e. The van der Waals surface area contributed by atoms with Crippen LogP contribution in [0.4, 0.5) is 0 Å². The van der Waals surface area contributed by atoms with Crippen LogP contribution in [-0.2, 0) is 0 Å². The first-order valence-electron chi connectivity index (χ1n) is 9.87. The van der Waals surface area contributed by atoms with Gasteiger partial charge in [-0.25, -0.2) is 0 Å². The topological polar surface area (TPSA) is 63.0 Å². The lowest BCUT2D eigenvalue weighted by atomic mass is 9.98. The molecule has 3 aromatic rings. The number of carbonyl (C=O) groups excluding carboxylic acids is 1. The Hall–Kier alpha value is -2.35. The maximum absolute atomic E-state index is 13.5. The molecule has 0 spiro atoms. The van der Waals surface area contributed by atoms with E-state index in [1.807, 2.05) is 32.3 Å². The van der Waals surface area contributed by atoms with Gasteiger partial charge in [-0.3, -0.25) is 9.59 Å². The summed E-state index contributed by atoms with van der Waals surface area (Å²) >= 11 is 9.64. The predicted molar refractivity (Wildman–Crippen MR) is 124 cm³/mol. The van der Waals surface area contributed by atoms with E-state index in [1.54, 1.807) is 30.2 Å². The molecular formula is C23H22BrClN2O4. The molecule has 0 fully saturated rings. The smallest absolute Gasteiger partial charge is 0.290 e. The second-order valence-corrected chi connectivity index (χ2v) is 9.06. The van der Waals surface area contributed by atoms with Gasteiger partial charge in [0.2, 0.25) is 5.76 Å². The summed E-state index contributed by atoms with van der Waals surface area (Å²) in [7, 11) is 5.56. The van der Waals surface area contributed by atoms with Crippen molar-refractivity contribution in [3.8, 4) is 5.75 Å². The number of benzene rings is 2. The maximum Gasteiger partial charge on any atom is 0.290 e. The summed E-state index contributed by atoms with van der Waals surface area (Å²) in [5.74, 6) is 0.492. The van der Waals surface area contributed by atoms with Crippen molar-refractivity contribution in [3.63, 3.8) is 0 Å². The fourth-order valence-electron chi connectivity index (χ4n) is 3.98. The maximum atomic E-state index is 13.5. The second-order valence-electron chi connectivity index (χ2n) is 7.77. The lowest BCUT2D eigenvalue weighted by Crippen LogP contribution is -2.32. The van der Waals surface area contributed by atoms with Crippen LogP contribution in [0.15, 0.2) is 50.1 Å². The lowest BCUT2D eigenvalue weighted by molar-refractivity contribution is 0.0722. The molecule has 31 heavy (non-hydrogen) atoms. The molecular weight excluding hydrogens is 484 g/mol. The average molecular weight is 506 g/mol. The van der Waals surface area contributed by atoms with Gasteiger partial charge < -0.3 is 19.0 Å². The third-order valence-electron chi connectivity index (χ3n) is 5.42.